The maximum atomic E-state index is 13.0. The molecule has 0 bridgehead atoms. The van der Waals surface area contributed by atoms with E-state index in [9.17, 15) is 9.18 Å². The Morgan fingerprint density at radius 2 is 2.09 bits per heavy atom. The summed E-state index contributed by atoms with van der Waals surface area (Å²) in [5.74, 6) is 0.0852. The normalized spacial score (nSPS) is 23.8. The maximum absolute atomic E-state index is 13.0. The summed E-state index contributed by atoms with van der Waals surface area (Å²) in [5.41, 5.74) is 0. The van der Waals surface area contributed by atoms with E-state index < -0.39 is 6.17 Å². The van der Waals surface area contributed by atoms with Gasteiger partial charge in [0.15, 0.2) is 0 Å². The molecule has 2 aliphatic heterocycles. The van der Waals surface area contributed by atoms with E-state index in [0.29, 0.717) is 32.0 Å². The molecule has 1 unspecified atom stereocenters. The predicted molar refractivity (Wildman–Crippen MR) is 82.6 cm³/mol. The second kappa shape index (κ2) is 10.1. The molecular formula is C16H29FN2O3. The molecule has 2 heterocycles. The summed E-state index contributed by atoms with van der Waals surface area (Å²) in [7, 11) is 0. The number of ether oxygens (including phenoxy) is 2. The highest BCUT2D eigenvalue weighted by Gasteiger charge is 2.20. The Morgan fingerprint density at radius 1 is 1.27 bits per heavy atom. The first-order valence-corrected chi connectivity index (χ1v) is 8.56. The largest absolute Gasteiger partial charge is 0.381 e. The minimum absolute atomic E-state index is 0.0852. The third-order valence-corrected chi connectivity index (χ3v) is 4.29. The number of nitrogens with zero attached hydrogens (tertiary/aromatic N) is 1. The molecule has 6 heteroatoms. The van der Waals surface area contributed by atoms with Crippen molar-refractivity contribution in [1.29, 1.82) is 0 Å². The molecule has 5 nitrogen and oxygen atoms in total. The van der Waals surface area contributed by atoms with E-state index in [4.69, 9.17) is 9.47 Å². The minimum atomic E-state index is -0.688. The summed E-state index contributed by atoms with van der Waals surface area (Å²) >= 11 is 0. The van der Waals surface area contributed by atoms with Gasteiger partial charge >= 0.3 is 0 Å². The highest BCUT2D eigenvalue weighted by molar-refractivity contribution is 5.75. The molecule has 2 aliphatic rings. The summed E-state index contributed by atoms with van der Waals surface area (Å²) in [4.78, 5) is 13.7. The lowest BCUT2D eigenvalue weighted by atomic mass is 10.1. The van der Waals surface area contributed by atoms with Crippen molar-refractivity contribution in [2.24, 2.45) is 0 Å². The Hall–Kier alpha value is -0.720. The molecule has 0 spiro atoms. The van der Waals surface area contributed by atoms with Crippen LogP contribution < -0.4 is 5.32 Å². The first kappa shape index (κ1) is 17.6. The number of hydrogen-bond acceptors (Lipinski definition) is 4. The van der Waals surface area contributed by atoms with E-state index in [1.165, 1.54) is 0 Å². The van der Waals surface area contributed by atoms with Gasteiger partial charge in [0, 0.05) is 52.4 Å². The van der Waals surface area contributed by atoms with E-state index in [0.717, 1.165) is 58.6 Å². The molecule has 1 amide bonds. The fourth-order valence-electron chi connectivity index (χ4n) is 2.91. The standard InChI is InChI=1S/C16H29FN2O3/c17-14-4-8-19(13-14)9-7-18-16(20)3-1-2-10-22-15-5-11-21-12-6-15/h14-15H,1-13H2,(H,18,20). The third-order valence-electron chi connectivity index (χ3n) is 4.29. The van der Waals surface area contributed by atoms with Gasteiger partial charge in [0.05, 0.1) is 6.10 Å². The van der Waals surface area contributed by atoms with E-state index in [2.05, 4.69) is 10.2 Å². The lowest BCUT2D eigenvalue weighted by Gasteiger charge is -2.22. The number of alkyl halides is 1. The number of nitrogens with one attached hydrogen (secondary N) is 1. The molecule has 2 saturated heterocycles. The van der Waals surface area contributed by atoms with Gasteiger partial charge < -0.3 is 14.8 Å². The van der Waals surface area contributed by atoms with Gasteiger partial charge in [-0.1, -0.05) is 0 Å². The zero-order valence-corrected chi connectivity index (χ0v) is 13.4. The van der Waals surface area contributed by atoms with Crippen LogP contribution in [-0.4, -0.2) is 69.1 Å². The molecular weight excluding hydrogens is 287 g/mol. The number of likely N-dealkylation sites (tertiary alicyclic amines) is 1. The van der Waals surface area contributed by atoms with Gasteiger partial charge in [-0.2, -0.15) is 0 Å². The second-order valence-corrected chi connectivity index (χ2v) is 6.18. The Morgan fingerprint density at radius 3 is 2.82 bits per heavy atom. The lowest BCUT2D eigenvalue weighted by Crippen LogP contribution is -2.33. The number of carbonyl (C=O) groups excluding carboxylic acids is 1. The number of amides is 1. The van der Waals surface area contributed by atoms with Gasteiger partial charge in [0.25, 0.3) is 0 Å². The van der Waals surface area contributed by atoms with Crippen LogP contribution >= 0.6 is 0 Å². The van der Waals surface area contributed by atoms with E-state index in [1.54, 1.807) is 0 Å². The number of unbranched alkanes of at least 4 members (excludes halogenated alkanes) is 1. The highest BCUT2D eigenvalue weighted by Crippen LogP contribution is 2.12. The molecule has 22 heavy (non-hydrogen) atoms. The van der Waals surface area contributed by atoms with Crippen molar-refractivity contribution in [2.45, 2.75) is 50.8 Å². The number of carbonyl (C=O) groups is 1. The lowest BCUT2D eigenvalue weighted by molar-refractivity contribution is -0.121. The van der Waals surface area contributed by atoms with Crippen LogP contribution in [0, 0.1) is 0 Å². The summed E-state index contributed by atoms with van der Waals surface area (Å²) < 4.78 is 24.0. The summed E-state index contributed by atoms with van der Waals surface area (Å²) in [6.07, 6.45) is 4.55. The van der Waals surface area contributed by atoms with E-state index in [-0.39, 0.29) is 5.91 Å². The van der Waals surface area contributed by atoms with Crippen molar-refractivity contribution in [3.05, 3.63) is 0 Å². The van der Waals surface area contributed by atoms with Crippen LogP contribution in [0.2, 0.25) is 0 Å². The number of hydrogen-bond donors (Lipinski definition) is 1. The molecule has 1 atom stereocenters. The summed E-state index contributed by atoms with van der Waals surface area (Å²) in [5, 5.41) is 2.90. The van der Waals surface area contributed by atoms with Crippen LogP contribution in [0.4, 0.5) is 4.39 Å². The second-order valence-electron chi connectivity index (χ2n) is 6.18. The first-order chi connectivity index (χ1) is 10.7. The van der Waals surface area contributed by atoms with Crippen molar-refractivity contribution in [1.82, 2.24) is 10.2 Å². The van der Waals surface area contributed by atoms with Crippen molar-refractivity contribution < 1.29 is 18.7 Å². The highest BCUT2D eigenvalue weighted by atomic mass is 19.1. The molecule has 0 aromatic rings. The van der Waals surface area contributed by atoms with Gasteiger partial charge in [-0.3, -0.25) is 9.69 Å². The molecule has 0 saturated carbocycles. The van der Waals surface area contributed by atoms with Gasteiger partial charge in [0.2, 0.25) is 5.91 Å². The van der Waals surface area contributed by atoms with Gasteiger partial charge in [-0.15, -0.1) is 0 Å². The Balaban J connectivity index is 1.39. The smallest absolute Gasteiger partial charge is 0.220 e. The van der Waals surface area contributed by atoms with Crippen LogP contribution in [0.5, 0.6) is 0 Å². The summed E-state index contributed by atoms with van der Waals surface area (Å²) in [6.45, 7) is 5.01. The zero-order valence-electron chi connectivity index (χ0n) is 13.4. The Bertz CT molecular complexity index is 325. The third kappa shape index (κ3) is 7.03. The number of rotatable bonds is 9. The van der Waals surface area contributed by atoms with Crippen LogP contribution in [0.25, 0.3) is 0 Å². The van der Waals surface area contributed by atoms with Crippen LogP contribution in [0.15, 0.2) is 0 Å². The molecule has 0 aliphatic carbocycles. The average molecular weight is 316 g/mol. The van der Waals surface area contributed by atoms with E-state index in [1.807, 2.05) is 0 Å². The van der Waals surface area contributed by atoms with Crippen LogP contribution in [0.1, 0.15) is 38.5 Å². The molecule has 0 aromatic carbocycles. The van der Waals surface area contributed by atoms with Crippen LogP contribution in [-0.2, 0) is 14.3 Å². The van der Waals surface area contributed by atoms with Crippen molar-refractivity contribution in [3.8, 4) is 0 Å². The number of halogens is 1. The first-order valence-electron chi connectivity index (χ1n) is 8.56. The van der Waals surface area contributed by atoms with E-state index >= 15 is 0 Å². The van der Waals surface area contributed by atoms with Gasteiger partial charge in [-0.05, 0) is 32.1 Å². The van der Waals surface area contributed by atoms with Crippen molar-refractivity contribution in [2.75, 3.05) is 46.0 Å². The average Bonchev–Trinajstić information content (AvgIpc) is 2.93. The monoisotopic (exact) mass is 316 g/mol. The molecule has 0 radical (unpaired) electrons. The quantitative estimate of drug-likeness (QED) is 0.655. The molecule has 0 aromatic heterocycles. The maximum Gasteiger partial charge on any atom is 0.220 e. The van der Waals surface area contributed by atoms with Crippen molar-refractivity contribution >= 4 is 5.91 Å². The predicted octanol–water partition coefficient (Wildman–Crippen LogP) is 1.51. The zero-order chi connectivity index (χ0) is 15.6. The molecule has 2 rings (SSSR count). The Labute approximate surface area is 132 Å². The fourth-order valence-corrected chi connectivity index (χ4v) is 2.91. The van der Waals surface area contributed by atoms with Crippen molar-refractivity contribution in [3.63, 3.8) is 0 Å². The van der Waals surface area contributed by atoms with Gasteiger partial charge in [-0.25, -0.2) is 4.39 Å². The molecule has 2 fully saturated rings. The topological polar surface area (TPSA) is 50.8 Å². The minimum Gasteiger partial charge on any atom is -0.381 e. The summed E-state index contributed by atoms with van der Waals surface area (Å²) in [6, 6.07) is 0. The van der Waals surface area contributed by atoms with Gasteiger partial charge in [0.1, 0.15) is 6.17 Å². The Kier molecular flexibility index (Phi) is 8.12. The SMILES string of the molecule is O=C(CCCCOC1CCOCC1)NCCN1CCC(F)C1. The molecule has 128 valence electrons. The van der Waals surface area contributed by atoms with Crippen LogP contribution in [0.3, 0.4) is 0 Å². The fraction of sp³-hybridized carbons (Fsp3) is 0.938. The molecule has 1 N–H and O–H groups in total.